The largest absolute Gasteiger partial charge is 0.367 e. The third-order valence-electron chi connectivity index (χ3n) is 5.73. The maximum absolute atomic E-state index is 13.3. The van der Waals surface area contributed by atoms with Gasteiger partial charge in [0.1, 0.15) is 5.69 Å². The SMILES string of the molecule is Cc1cc(C(=O)N2CCN(c3cccc4ccccc34)CC2)n(-c2ccccc2)n1. The number of piperazine rings is 1. The third kappa shape index (κ3) is 3.32. The molecule has 0 N–H and O–H groups in total. The van der Waals surface area contributed by atoms with E-state index < -0.39 is 0 Å². The van der Waals surface area contributed by atoms with Gasteiger partial charge < -0.3 is 9.80 Å². The van der Waals surface area contributed by atoms with Crippen molar-refractivity contribution in [3.05, 3.63) is 90.3 Å². The first kappa shape index (κ1) is 18.4. The van der Waals surface area contributed by atoms with Crippen molar-refractivity contribution in [2.24, 2.45) is 0 Å². The minimum absolute atomic E-state index is 0.0389. The molecule has 1 aliphatic rings. The minimum atomic E-state index is 0.0389. The molecule has 4 aromatic rings. The van der Waals surface area contributed by atoms with Crippen LogP contribution in [0.25, 0.3) is 16.5 Å². The number of fused-ring (bicyclic) bond motifs is 1. The molecule has 2 heterocycles. The summed E-state index contributed by atoms with van der Waals surface area (Å²) in [7, 11) is 0. The summed E-state index contributed by atoms with van der Waals surface area (Å²) in [6.45, 7) is 4.95. The molecular weight excluding hydrogens is 372 g/mol. The summed E-state index contributed by atoms with van der Waals surface area (Å²) in [5, 5.41) is 7.06. The number of carbonyl (C=O) groups excluding carboxylic acids is 1. The van der Waals surface area contributed by atoms with Crippen LogP contribution in [-0.2, 0) is 0 Å². The maximum Gasteiger partial charge on any atom is 0.272 e. The monoisotopic (exact) mass is 396 g/mol. The molecule has 1 aliphatic heterocycles. The number of aryl methyl sites for hydroxylation is 1. The number of amides is 1. The Bertz CT molecular complexity index is 1180. The maximum atomic E-state index is 13.3. The van der Waals surface area contributed by atoms with Crippen molar-refractivity contribution in [2.75, 3.05) is 31.1 Å². The topological polar surface area (TPSA) is 41.4 Å². The Morgan fingerprint density at radius 2 is 1.53 bits per heavy atom. The van der Waals surface area contributed by atoms with E-state index in [1.165, 1.54) is 16.5 Å². The molecule has 0 unspecified atom stereocenters. The molecule has 5 nitrogen and oxygen atoms in total. The Kier molecular flexibility index (Phi) is 4.71. The fraction of sp³-hybridized carbons (Fsp3) is 0.200. The lowest BCUT2D eigenvalue weighted by Gasteiger charge is -2.36. The molecule has 1 aromatic heterocycles. The predicted molar refractivity (Wildman–Crippen MR) is 120 cm³/mol. The van der Waals surface area contributed by atoms with Crippen LogP contribution >= 0.6 is 0 Å². The van der Waals surface area contributed by atoms with Crippen LogP contribution in [0.5, 0.6) is 0 Å². The van der Waals surface area contributed by atoms with Crippen LogP contribution in [0.15, 0.2) is 78.9 Å². The molecule has 1 fully saturated rings. The molecule has 30 heavy (non-hydrogen) atoms. The number of para-hydroxylation sites is 1. The zero-order valence-electron chi connectivity index (χ0n) is 17.0. The zero-order chi connectivity index (χ0) is 20.5. The molecule has 1 amide bonds. The highest BCUT2D eigenvalue weighted by molar-refractivity contribution is 5.95. The molecule has 3 aromatic carbocycles. The molecule has 0 aliphatic carbocycles. The van der Waals surface area contributed by atoms with E-state index in [9.17, 15) is 4.79 Å². The van der Waals surface area contributed by atoms with Gasteiger partial charge in [-0.25, -0.2) is 4.68 Å². The molecule has 1 saturated heterocycles. The van der Waals surface area contributed by atoms with E-state index in [1.807, 2.05) is 48.2 Å². The van der Waals surface area contributed by atoms with Gasteiger partial charge in [0.25, 0.3) is 5.91 Å². The van der Waals surface area contributed by atoms with Crippen LogP contribution in [0.2, 0.25) is 0 Å². The van der Waals surface area contributed by atoms with Crippen LogP contribution in [-0.4, -0.2) is 46.8 Å². The van der Waals surface area contributed by atoms with Gasteiger partial charge in [0.2, 0.25) is 0 Å². The fourth-order valence-corrected chi connectivity index (χ4v) is 4.21. The van der Waals surface area contributed by atoms with Gasteiger partial charge in [-0.2, -0.15) is 5.10 Å². The normalized spacial score (nSPS) is 14.3. The van der Waals surface area contributed by atoms with Gasteiger partial charge in [-0.1, -0.05) is 54.6 Å². The fourth-order valence-electron chi connectivity index (χ4n) is 4.21. The number of nitrogens with zero attached hydrogens (tertiary/aromatic N) is 4. The lowest BCUT2D eigenvalue weighted by molar-refractivity contribution is 0.0737. The van der Waals surface area contributed by atoms with Crippen molar-refractivity contribution in [2.45, 2.75) is 6.92 Å². The summed E-state index contributed by atoms with van der Waals surface area (Å²) in [4.78, 5) is 17.6. The molecule has 5 heteroatoms. The number of hydrogen-bond donors (Lipinski definition) is 0. The Hall–Kier alpha value is -3.60. The average Bonchev–Trinajstić information content (AvgIpc) is 3.20. The standard InChI is InChI=1S/C25H24N4O/c1-19-18-24(29(26-19)21-10-3-2-4-11-21)25(30)28-16-14-27(15-17-28)23-13-7-9-20-8-5-6-12-22(20)23/h2-13,18H,14-17H2,1H3. The number of aromatic nitrogens is 2. The van der Waals surface area contributed by atoms with Crippen molar-refractivity contribution >= 4 is 22.4 Å². The molecular formula is C25H24N4O. The minimum Gasteiger partial charge on any atom is -0.367 e. The smallest absolute Gasteiger partial charge is 0.272 e. The van der Waals surface area contributed by atoms with Crippen molar-refractivity contribution in [3.63, 3.8) is 0 Å². The summed E-state index contributed by atoms with van der Waals surface area (Å²) in [6.07, 6.45) is 0. The predicted octanol–water partition coefficient (Wildman–Crippen LogP) is 4.30. The van der Waals surface area contributed by atoms with Gasteiger partial charge in [-0.3, -0.25) is 4.79 Å². The van der Waals surface area contributed by atoms with Crippen molar-refractivity contribution in [1.82, 2.24) is 14.7 Å². The van der Waals surface area contributed by atoms with Gasteiger partial charge in [-0.05, 0) is 36.6 Å². The Labute approximate surface area is 176 Å². The van der Waals surface area contributed by atoms with E-state index in [4.69, 9.17) is 0 Å². The number of benzene rings is 3. The lowest BCUT2D eigenvalue weighted by Crippen LogP contribution is -2.49. The summed E-state index contributed by atoms with van der Waals surface area (Å²) in [5.41, 5.74) is 3.61. The Morgan fingerprint density at radius 1 is 0.833 bits per heavy atom. The van der Waals surface area contributed by atoms with Crippen LogP contribution in [0.4, 0.5) is 5.69 Å². The molecule has 5 rings (SSSR count). The van der Waals surface area contributed by atoms with Crippen LogP contribution in [0, 0.1) is 6.92 Å². The number of carbonyl (C=O) groups is 1. The van der Waals surface area contributed by atoms with Gasteiger partial charge in [0.05, 0.1) is 11.4 Å². The van der Waals surface area contributed by atoms with Crippen LogP contribution in [0.1, 0.15) is 16.2 Å². The van der Waals surface area contributed by atoms with E-state index in [0.717, 1.165) is 24.5 Å². The summed E-state index contributed by atoms with van der Waals surface area (Å²) >= 11 is 0. The van der Waals surface area contributed by atoms with Crippen molar-refractivity contribution < 1.29 is 4.79 Å². The average molecular weight is 396 g/mol. The number of rotatable bonds is 3. The molecule has 0 bridgehead atoms. The second-order valence-electron chi connectivity index (χ2n) is 7.70. The first-order chi connectivity index (χ1) is 14.7. The second-order valence-corrected chi connectivity index (χ2v) is 7.70. The van der Waals surface area contributed by atoms with Gasteiger partial charge in [-0.15, -0.1) is 0 Å². The molecule has 0 atom stereocenters. The van der Waals surface area contributed by atoms with E-state index in [1.54, 1.807) is 4.68 Å². The van der Waals surface area contributed by atoms with E-state index in [0.29, 0.717) is 18.8 Å². The highest BCUT2D eigenvalue weighted by Gasteiger charge is 2.26. The quantitative estimate of drug-likeness (QED) is 0.519. The highest BCUT2D eigenvalue weighted by Crippen LogP contribution is 2.27. The van der Waals surface area contributed by atoms with Gasteiger partial charge >= 0.3 is 0 Å². The second kappa shape index (κ2) is 7.67. The third-order valence-corrected chi connectivity index (χ3v) is 5.73. The number of anilines is 1. The van der Waals surface area contributed by atoms with Crippen molar-refractivity contribution in [1.29, 1.82) is 0 Å². The molecule has 150 valence electrons. The Balaban J connectivity index is 1.36. The lowest BCUT2D eigenvalue weighted by atomic mass is 10.1. The highest BCUT2D eigenvalue weighted by atomic mass is 16.2. The molecule has 0 spiro atoms. The summed E-state index contributed by atoms with van der Waals surface area (Å²) in [5.74, 6) is 0.0389. The summed E-state index contributed by atoms with van der Waals surface area (Å²) < 4.78 is 1.76. The van der Waals surface area contributed by atoms with Gasteiger partial charge in [0, 0.05) is 37.3 Å². The van der Waals surface area contributed by atoms with Crippen LogP contribution in [0.3, 0.4) is 0 Å². The van der Waals surface area contributed by atoms with Crippen LogP contribution < -0.4 is 4.90 Å². The summed E-state index contributed by atoms with van der Waals surface area (Å²) in [6, 6.07) is 26.6. The first-order valence-electron chi connectivity index (χ1n) is 10.3. The molecule has 0 saturated carbocycles. The zero-order valence-corrected chi connectivity index (χ0v) is 17.0. The molecule has 0 radical (unpaired) electrons. The van der Waals surface area contributed by atoms with Gasteiger partial charge in [0.15, 0.2) is 0 Å². The Morgan fingerprint density at radius 3 is 2.33 bits per heavy atom. The number of hydrogen-bond acceptors (Lipinski definition) is 3. The van der Waals surface area contributed by atoms with Crippen molar-refractivity contribution in [3.8, 4) is 5.69 Å². The van der Waals surface area contributed by atoms with E-state index in [2.05, 4.69) is 52.5 Å². The van der Waals surface area contributed by atoms with E-state index >= 15 is 0 Å². The first-order valence-corrected chi connectivity index (χ1v) is 10.3. The van der Waals surface area contributed by atoms with E-state index in [-0.39, 0.29) is 5.91 Å².